The molecule has 0 aliphatic carbocycles. The number of rotatable bonds is 7. The molecule has 0 saturated carbocycles. The van der Waals surface area contributed by atoms with Crippen molar-refractivity contribution in [2.45, 2.75) is 58.7 Å². The summed E-state index contributed by atoms with van der Waals surface area (Å²) in [6, 6.07) is 15.4. The van der Waals surface area contributed by atoms with Gasteiger partial charge in [0.1, 0.15) is 0 Å². The summed E-state index contributed by atoms with van der Waals surface area (Å²) in [4.78, 5) is 30.8. The molecule has 3 aromatic rings. The van der Waals surface area contributed by atoms with Gasteiger partial charge in [0, 0.05) is 25.6 Å². The van der Waals surface area contributed by atoms with Gasteiger partial charge in [-0.15, -0.1) is 0 Å². The van der Waals surface area contributed by atoms with Crippen molar-refractivity contribution < 1.29 is 19.4 Å². The minimum atomic E-state index is -0.504. The van der Waals surface area contributed by atoms with Crippen LogP contribution in [0.1, 0.15) is 50.3 Å². The number of aromatic amines is 1. The first kappa shape index (κ1) is 25.3. The van der Waals surface area contributed by atoms with Gasteiger partial charge in [0.15, 0.2) is 5.76 Å². The molecule has 8 heteroatoms. The lowest BCUT2D eigenvalue weighted by molar-refractivity contribution is -0.160. The van der Waals surface area contributed by atoms with E-state index in [4.69, 9.17) is 9.47 Å². The van der Waals surface area contributed by atoms with Crippen LogP contribution in [-0.2, 0) is 27.5 Å². The number of imidazole rings is 1. The molecule has 8 nitrogen and oxygen atoms in total. The van der Waals surface area contributed by atoms with Gasteiger partial charge >= 0.3 is 5.69 Å². The largest absolute Gasteiger partial charge is 0.459 e. The molecule has 0 spiro atoms. The first-order valence-electron chi connectivity index (χ1n) is 13.1. The predicted octanol–water partition coefficient (Wildman–Crippen LogP) is 4.10. The second-order valence-corrected chi connectivity index (χ2v) is 10.3. The summed E-state index contributed by atoms with van der Waals surface area (Å²) in [6.45, 7) is 5.78. The summed E-state index contributed by atoms with van der Waals surface area (Å²) >= 11 is 0. The first-order valence-corrected chi connectivity index (χ1v) is 13.1. The number of fused-ring (bicyclic) bond motifs is 1. The van der Waals surface area contributed by atoms with Crippen molar-refractivity contribution in [3.63, 3.8) is 0 Å². The summed E-state index contributed by atoms with van der Waals surface area (Å²) in [7, 11) is 0. The normalized spacial score (nSPS) is 20.8. The molecule has 3 heterocycles. The lowest BCUT2D eigenvalue weighted by atomic mass is 9.90. The number of amides is 1. The number of hydrogen-bond acceptors (Lipinski definition) is 5. The van der Waals surface area contributed by atoms with Gasteiger partial charge in [-0.25, -0.2) is 4.79 Å². The Kier molecular flexibility index (Phi) is 7.48. The van der Waals surface area contributed by atoms with Gasteiger partial charge in [-0.1, -0.05) is 50.2 Å². The van der Waals surface area contributed by atoms with E-state index in [0.29, 0.717) is 50.6 Å². The summed E-state index contributed by atoms with van der Waals surface area (Å²) < 4.78 is 14.0. The first-order chi connectivity index (χ1) is 17.9. The fourth-order valence-corrected chi connectivity index (χ4v) is 5.25. The molecule has 0 unspecified atom stereocenters. The highest BCUT2D eigenvalue weighted by Crippen LogP contribution is 2.31. The quantitative estimate of drug-likeness (QED) is 0.504. The highest BCUT2D eigenvalue weighted by molar-refractivity contribution is 5.91. The molecule has 37 heavy (non-hydrogen) atoms. The minimum absolute atomic E-state index is 0.00890. The number of aromatic nitrogens is 2. The standard InChI is InChI=1S/C29H35N3O5/c1-19(2)22-15-26(37-27(16-22)36-18-21-9-7-20(17-33)8-10-21)28(34)31-13-11-23(12-14-31)32-25-6-4-3-5-24(25)30-29(32)35/h3-10,15,19,22-23,27,33H,11-14,16-18H2,1-2H3,(H,30,35)/t22-,27+/m1/s1. The van der Waals surface area contributed by atoms with Crippen LogP contribution < -0.4 is 5.69 Å². The van der Waals surface area contributed by atoms with Gasteiger partial charge in [-0.2, -0.15) is 0 Å². The Balaban J connectivity index is 1.23. The van der Waals surface area contributed by atoms with Crippen molar-refractivity contribution in [1.82, 2.24) is 14.5 Å². The monoisotopic (exact) mass is 505 g/mol. The third kappa shape index (κ3) is 5.50. The Morgan fingerprint density at radius 1 is 1.11 bits per heavy atom. The number of hydrogen-bond donors (Lipinski definition) is 2. The number of aliphatic hydroxyl groups is 1. The lowest BCUT2D eigenvalue weighted by Gasteiger charge is -2.36. The number of ether oxygens (including phenoxy) is 2. The number of aliphatic hydroxyl groups excluding tert-OH is 1. The molecule has 2 aliphatic heterocycles. The van der Waals surface area contributed by atoms with E-state index in [1.807, 2.05) is 64.1 Å². The smallest absolute Gasteiger partial charge is 0.326 e. The molecule has 5 rings (SSSR count). The van der Waals surface area contributed by atoms with Crippen LogP contribution in [0.15, 0.2) is 65.2 Å². The Bertz CT molecular complexity index is 1320. The Morgan fingerprint density at radius 3 is 2.51 bits per heavy atom. The van der Waals surface area contributed by atoms with Crippen LogP contribution in [0.25, 0.3) is 11.0 Å². The number of benzene rings is 2. The lowest BCUT2D eigenvalue weighted by Crippen LogP contribution is -2.43. The molecule has 1 fully saturated rings. The van der Waals surface area contributed by atoms with Gasteiger partial charge in [-0.05, 0) is 54.0 Å². The molecule has 0 radical (unpaired) electrons. The van der Waals surface area contributed by atoms with Crippen LogP contribution in [0.3, 0.4) is 0 Å². The van der Waals surface area contributed by atoms with Crippen LogP contribution in [0.5, 0.6) is 0 Å². The highest BCUT2D eigenvalue weighted by Gasteiger charge is 2.33. The average Bonchev–Trinajstić information content (AvgIpc) is 3.27. The molecular formula is C29H35N3O5. The second-order valence-electron chi connectivity index (χ2n) is 10.3. The molecule has 2 N–H and O–H groups in total. The molecule has 1 amide bonds. The van der Waals surface area contributed by atoms with E-state index < -0.39 is 6.29 Å². The number of nitrogens with one attached hydrogen (secondary N) is 1. The maximum atomic E-state index is 13.5. The molecule has 1 saturated heterocycles. The van der Waals surface area contributed by atoms with Crippen molar-refractivity contribution >= 4 is 16.9 Å². The van der Waals surface area contributed by atoms with Gasteiger partial charge in [-0.3, -0.25) is 9.36 Å². The molecule has 2 aromatic carbocycles. The third-order valence-corrected chi connectivity index (χ3v) is 7.54. The molecule has 2 atom stereocenters. The number of likely N-dealkylation sites (tertiary alicyclic amines) is 1. The Hall–Kier alpha value is -3.36. The molecule has 196 valence electrons. The number of nitrogens with zero attached hydrogens (tertiary/aromatic N) is 2. The molecule has 1 aromatic heterocycles. The number of carbonyl (C=O) groups is 1. The molecule has 0 bridgehead atoms. The number of H-pyrrole nitrogens is 1. The van der Waals surface area contributed by atoms with Crippen molar-refractivity contribution in [2.75, 3.05) is 13.1 Å². The zero-order chi connectivity index (χ0) is 25.9. The van der Waals surface area contributed by atoms with E-state index in [2.05, 4.69) is 18.8 Å². The summed E-state index contributed by atoms with van der Waals surface area (Å²) in [5.41, 5.74) is 3.48. The van der Waals surface area contributed by atoms with E-state index >= 15 is 0 Å². The SMILES string of the molecule is CC(C)[C@@H]1C=C(C(=O)N2CCC(n3c(=O)[nH]c4ccccc43)CC2)O[C@H](OCc2ccc(CO)cc2)C1. The van der Waals surface area contributed by atoms with E-state index in [1.54, 1.807) is 0 Å². The van der Waals surface area contributed by atoms with Crippen LogP contribution >= 0.6 is 0 Å². The van der Waals surface area contributed by atoms with Crippen molar-refractivity contribution in [1.29, 1.82) is 0 Å². The topological polar surface area (TPSA) is 96.8 Å². The third-order valence-electron chi connectivity index (χ3n) is 7.54. The van der Waals surface area contributed by atoms with E-state index in [-0.39, 0.29) is 30.2 Å². The van der Waals surface area contributed by atoms with Gasteiger partial charge < -0.3 is 24.5 Å². The van der Waals surface area contributed by atoms with Crippen LogP contribution in [-0.4, -0.2) is 44.8 Å². The van der Waals surface area contributed by atoms with Crippen LogP contribution in [0.2, 0.25) is 0 Å². The van der Waals surface area contributed by atoms with Gasteiger partial charge in [0.2, 0.25) is 6.29 Å². The van der Waals surface area contributed by atoms with Crippen molar-refractivity contribution in [2.24, 2.45) is 11.8 Å². The number of para-hydroxylation sites is 2. The van der Waals surface area contributed by atoms with E-state index in [0.717, 1.165) is 22.2 Å². The van der Waals surface area contributed by atoms with E-state index in [1.165, 1.54) is 0 Å². The van der Waals surface area contributed by atoms with Crippen molar-refractivity contribution in [3.05, 3.63) is 82.0 Å². The van der Waals surface area contributed by atoms with Gasteiger partial charge in [0.05, 0.1) is 24.2 Å². The second kappa shape index (κ2) is 10.9. The fraction of sp³-hybridized carbons (Fsp3) is 0.448. The summed E-state index contributed by atoms with van der Waals surface area (Å²) in [6.07, 6.45) is 3.56. The summed E-state index contributed by atoms with van der Waals surface area (Å²) in [5, 5.41) is 9.24. The number of piperidine rings is 1. The van der Waals surface area contributed by atoms with E-state index in [9.17, 15) is 14.7 Å². The Morgan fingerprint density at radius 2 is 1.81 bits per heavy atom. The van der Waals surface area contributed by atoms with Crippen LogP contribution in [0.4, 0.5) is 0 Å². The van der Waals surface area contributed by atoms with Gasteiger partial charge in [0.25, 0.3) is 5.91 Å². The molecular weight excluding hydrogens is 470 g/mol. The number of allylic oxidation sites excluding steroid dienone is 1. The Labute approximate surface area is 216 Å². The minimum Gasteiger partial charge on any atom is -0.459 e. The number of carbonyl (C=O) groups excluding carboxylic acids is 1. The maximum absolute atomic E-state index is 13.5. The molecule has 2 aliphatic rings. The average molecular weight is 506 g/mol. The maximum Gasteiger partial charge on any atom is 0.326 e. The zero-order valence-electron chi connectivity index (χ0n) is 21.4. The summed E-state index contributed by atoms with van der Waals surface area (Å²) in [5.74, 6) is 0.766. The van der Waals surface area contributed by atoms with Crippen LogP contribution in [0, 0.1) is 11.8 Å². The van der Waals surface area contributed by atoms with Crippen molar-refractivity contribution in [3.8, 4) is 0 Å². The zero-order valence-corrected chi connectivity index (χ0v) is 21.4. The fourth-order valence-electron chi connectivity index (χ4n) is 5.25. The predicted molar refractivity (Wildman–Crippen MR) is 140 cm³/mol. The highest BCUT2D eigenvalue weighted by atomic mass is 16.7.